The maximum Gasteiger partial charge on any atom is 0.215 e. The smallest absolute Gasteiger partial charge is 0.215 e. The molecule has 3 nitrogen and oxygen atoms in total. The molecule has 2 aromatic rings. The van der Waals surface area contributed by atoms with E-state index in [2.05, 4.69) is 43.2 Å². The van der Waals surface area contributed by atoms with E-state index >= 15 is 0 Å². The molecule has 0 aliphatic carbocycles. The number of ether oxygens (including phenoxy) is 1. The first-order valence-corrected chi connectivity index (χ1v) is 5.91. The van der Waals surface area contributed by atoms with Crippen molar-refractivity contribution in [1.82, 2.24) is 9.78 Å². The SMILES string of the molecule is CCn1ncc(C)c1OCc1cccc(C)c1. The lowest BCUT2D eigenvalue weighted by Gasteiger charge is -2.09. The van der Waals surface area contributed by atoms with E-state index in [-0.39, 0.29) is 0 Å². The molecule has 2 rings (SSSR count). The van der Waals surface area contributed by atoms with Crippen LogP contribution >= 0.6 is 0 Å². The minimum atomic E-state index is 0.591. The van der Waals surface area contributed by atoms with Gasteiger partial charge in [0.05, 0.1) is 6.20 Å². The number of hydrogen-bond acceptors (Lipinski definition) is 2. The Hall–Kier alpha value is -1.77. The van der Waals surface area contributed by atoms with Crippen LogP contribution in [0.4, 0.5) is 0 Å². The Morgan fingerprint density at radius 1 is 1.29 bits per heavy atom. The van der Waals surface area contributed by atoms with Gasteiger partial charge in [-0.25, -0.2) is 4.68 Å². The summed E-state index contributed by atoms with van der Waals surface area (Å²) in [5.74, 6) is 0.869. The molecule has 0 radical (unpaired) electrons. The van der Waals surface area contributed by atoms with Crippen molar-refractivity contribution in [2.45, 2.75) is 33.9 Å². The lowest BCUT2D eigenvalue weighted by Crippen LogP contribution is -2.04. The highest BCUT2D eigenvalue weighted by Gasteiger charge is 2.07. The monoisotopic (exact) mass is 230 g/mol. The van der Waals surface area contributed by atoms with Gasteiger partial charge in [-0.1, -0.05) is 29.8 Å². The predicted octanol–water partition coefficient (Wildman–Crippen LogP) is 3.10. The predicted molar refractivity (Wildman–Crippen MR) is 68.1 cm³/mol. The summed E-state index contributed by atoms with van der Waals surface area (Å²) in [5, 5.41) is 4.26. The van der Waals surface area contributed by atoms with Gasteiger partial charge < -0.3 is 4.74 Å². The fourth-order valence-electron chi connectivity index (χ4n) is 1.83. The molecular formula is C14H18N2O. The number of rotatable bonds is 4. The van der Waals surface area contributed by atoms with Crippen molar-refractivity contribution in [2.75, 3.05) is 0 Å². The summed E-state index contributed by atoms with van der Waals surface area (Å²) in [4.78, 5) is 0. The van der Waals surface area contributed by atoms with Crippen molar-refractivity contribution in [3.05, 3.63) is 47.2 Å². The summed E-state index contributed by atoms with van der Waals surface area (Å²) in [6.07, 6.45) is 1.84. The Morgan fingerprint density at radius 2 is 2.12 bits per heavy atom. The molecule has 0 amide bonds. The zero-order valence-corrected chi connectivity index (χ0v) is 10.6. The summed E-state index contributed by atoms with van der Waals surface area (Å²) in [6, 6.07) is 8.36. The third kappa shape index (κ3) is 2.67. The number of benzene rings is 1. The number of aryl methyl sites for hydroxylation is 3. The average molecular weight is 230 g/mol. The highest BCUT2D eigenvalue weighted by molar-refractivity contribution is 5.25. The van der Waals surface area contributed by atoms with Crippen LogP contribution in [-0.2, 0) is 13.2 Å². The van der Waals surface area contributed by atoms with Gasteiger partial charge in [-0.05, 0) is 26.3 Å². The second-order valence-corrected chi connectivity index (χ2v) is 4.23. The lowest BCUT2D eigenvalue weighted by molar-refractivity contribution is 0.272. The van der Waals surface area contributed by atoms with Crippen molar-refractivity contribution in [2.24, 2.45) is 0 Å². The van der Waals surface area contributed by atoms with E-state index in [0.29, 0.717) is 6.61 Å². The van der Waals surface area contributed by atoms with Crippen molar-refractivity contribution in [3.63, 3.8) is 0 Å². The molecule has 0 aliphatic rings. The van der Waals surface area contributed by atoms with Gasteiger partial charge in [0, 0.05) is 12.1 Å². The van der Waals surface area contributed by atoms with Gasteiger partial charge >= 0.3 is 0 Å². The average Bonchev–Trinajstić information content (AvgIpc) is 2.67. The molecule has 0 spiro atoms. The molecule has 0 N–H and O–H groups in total. The molecule has 90 valence electrons. The van der Waals surface area contributed by atoms with Gasteiger partial charge in [-0.15, -0.1) is 0 Å². The maximum absolute atomic E-state index is 5.84. The first-order valence-electron chi connectivity index (χ1n) is 5.91. The van der Waals surface area contributed by atoms with Crippen molar-refractivity contribution < 1.29 is 4.74 Å². The Labute approximate surface area is 102 Å². The van der Waals surface area contributed by atoms with Gasteiger partial charge in [-0.3, -0.25) is 0 Å². The minimum Gasteiger partial charge on any atom is -0.473 e. The van der Waals surface area contributed by atoms with E-state index in [1.165, 1.54) is 11.1 Å². The molecule has 0 unspecified atom stereocenters. The second kappa shape index (κ2) is 5.04. The molecule has 17 heavy (non-hydrogen) atoms. The zero-order chi connectivity index (χ0) is 12.3. The van der Waals surface area contributed by atoms with Gasteiger partial charge in [0.15, 0.2) is 0 Å². The van der Waals surface area contributed by atoms with Gasteiger partial charge in [-0.2, -0.15) is 5.10 Å². The van der Waals surface area contributed by atoms with E-state index < -0.39 is 0 Å². The topological polar surface area (TPSA) is 27.1 Å². The van der Waals surface area contributed by atoms with Crippen LogP contribution in [-0.4, -0.2) is 9.78 Å². The van der Waals surface area contributed by atoms with Crippen molar-refractivity contribution in [3.8, 4) is 5.88 Å². The summed E-state index contributed by atoms with van der Waals surface area (Å²) < 4.78 is 7.72. The molecule has 0 bridgehead atoms. The quantitative estimate of drug-likeness (QED) is 0.807. The van der Waals surface area contributed by atoms with Crippen LogP contribution in [0, 0.1) is 13.8 Å². The molecule has 1 aromatic carbocycles. The van der Waals surface area contributed by atoms with Crippen LogP contribution in [0.5, 0.6) is 5.88 Å². The Balaban J connectivity index is 2.09. The van der Waals surface area contributed by atoms with Crippen LogP contribution < -0.4 is 4.74 Å². The first kappa shape index (κ1) is 11.7. The Bertz CT molecular complexity index is 503. The van der Waals surface area contributed by atoms with E-state index in [1.54, 1.807) is 0 Å². The van der Waals surface area contributed by atoms with Crippen LogP contribution in [0.15, 0.2) is 30.5 Å². The second-order valence-electron chi connectivity index (χ2n) is 4.23. The molecule has 0 fully saturated rings. The summed E-state index contributed by atoms with van der Waals surface area (Å²) in [7, 11) is 0. The van der Waals surface area contributed by atoms with Crippen molar-refractivity contribution >= 4 is 0 Å². The minimum absolute atomic E-state index is 0.591. The molecule has 0 aliphatic heterocycles. The number of aromatic nitrogens is 2. The van der Waals surface area contributed by atoms with Crippen LogP contribution in [0.1, 0.15) is 23.6 Å². The molecule has 1 aromatic heterocycles. The summed E-state index contributed by atoms with van der Waals surface area (Å²) >= 11 is 0. The molecule has 0 atom stereocenters. The number of hydrogen-bond donors (Lipinski definition) is 0. The Morgan fingerprint density at radius 3 is 2.82 bits per heavy atom. The molecule has 3 heteroatoms. The number of nitrogens with zero attached hydrogens (tertiary/aromatic N) is 2. The van der Waals surface area contributed by atoms with Gasteiger partial charge in [0.25, 0.3) is 0 Å². The van der Waals surface area contributed by atoms with Crippen molar-refractivity contribution in [1.29, 1.82) is 0 Å². The van der Waals surface area contributed by atoms with Gasteiger partial charge in [0.1, 0.15) is 6.61 Å². The van der Waals surface area contributed by atoms with E-state index in [4.69, 9.17) is 4.74 Å². The third-order valence-electron chi connectivity index (χ3n) is 2.72. The fraction of sp³-hybridized carbons (Fsp3) is 0.357. The summed E-state index contributed by atoms with van der Waals surface area (Å²) in [5.41, 5.74) is 3.53. The molecule has 0 saturated carbocycles. The van der Waals surface area contributed by atoms with Crippen LogP contribution in [0.2, 0.25) is 0 Å². The molecule has 1 heterocycles. The first-order chi connectivity index (χ1) is 8.20. The van der Waals surface area contributed by atoms with Crippen LogP contribution in [0.25, 0.3) is 0 Å². The zero-order valence-electron chi connectivity index (χ0n) is 10.6. The van der Waals surface area contributed by atoms with Gasteiger partial charge in [0.2, 0.25) is 5.88 Å². The third-order valence-corrected chi connectivity index (χ3v) is 2.72. The normalized spacial score (nSPS) is 10.5. The van der Waals surface area contributed by atoms with E-state index in [0.717, 1.165) is 18.0 Å². The lowest BCUT2D eigenvalue weighted by atomic mass is 10.1. The fourth-order valence-corrected chi connectivity index (χ4v) is 1.83. The van der Waals surface area contributed by atoms with E-state index in [1.807, 2.05) is 17.8 Å². The van der Waals surface area contributed by atoms with Crippen LogP contribution in [0.3, 0.4) is 0 Å². The largest absolute Gasteiger partial charge is 0.473 e. The molecular weight excluding hydrogens is 212 g/mol. The molecule has 0 saturated heterocycles. The summed E-state index contributed by atoms with van der Waals surface area (Å²) in [6.45, 7) is 7.59. The van der Waals surface area contributed by atoms with E-state index in [9.17, 15) is 0 Å². The standard InChI is InChI=1S/C14H18N2O/c1-4-16-14(12(3)9-15-16)17-10-13-7-5-6-11(2)8-13/h5-9H,4,10H2,1-3H3. The Kier molecular flexibility index (Phi) is 3.47. The maximum atomic E-state index is 5.84. The highest BCUT2D eigenvalue weighted by Crippen LogP contribution is 2.18. The highest BCUT2D eigenvalue weighted by atomic mass is 16.5.